The molecule has 9 heteroatoms. The predicted molar refractivity (Wildman–Crippen MR) is 100 cm³/mol. The second kappa shape index (κ2) is 6.02. The lowest BCUT2D eigenvalue weighted by Crippen LogP contribution is -2.30. The van der Waals surface area contributed by atoms with E-state index >= 15 is 0 Å². The number of hydrogen-bond donors (Lipinski definition) is 1. The van der Waals surface area contributed by atoms with Gasteiger partial charge < -0.3 is 5.11 Å². The average molecular weight is 476 g/mol. The molecule has 1 atom stereocenters. The van der Waals surface area contributed by atoms with E-state index in [9.17, 15) is 5.11 Å². The number of halogens is 2. The molecule has 0 fully saturated rings. The van der Waals surface area contributed by atoms with Gasteiger partial charge >= 0.3 is 0 Å². The third kappa shape index (κ3) is 2.52. The summed E-state index contributed by atoms with van der Waals surface area (Å²) in [7, 11) is 0. The first-order valence-corrected chi connectivity index (χ1v) is 10.4. The molecule has 2 aliphatic heterocycles. The third-order valence-electron chi connectivity index (χ3n) is 3.63. The number of aryl methyl sites for hydroxylation is 1. The van der Waals surface area contributed by atoms with Gasteiger partial charge in [-0.3, -0.25) is 5.01 Å². The Kier molecular flexibility index (Phi) is 4.15. The predicted octanol–water partition coefficient (Wildman–Crippen LogP) is 4.75. The summed E-state index contributed by atoms with van der Waals surface area (Å²) in [5.41, 5.74) is 1.10. The fourth-order valence-corrected chi connectivity index (χ4v) is 6.07. The molecule has 5 nitrogen and oxygen atoms in total. The topological polar surface area (TPSA) is 54.2 Å². The molecule has 1 unspecified atom stereocenters. The number of aromatic nitrogens is 3. The molecule has 23 heavy (non-hydrogen) atoms. The number of phenols is 1. The summed E-state index contributed by atoms with van der Waals surface area (Å²) >= 11 is 10.2. The first kappa shape index (κ1) is 15.9. The minimum Gasteiger partial charge on any atom is -0.506 e. The lowest BCUT2D eigenvalue weighted by Gasteiger charge is -2.26. The van der Waals surface area contributed by atoms with Gasteiger partial charge in [-0.25, -0.2) is 4.68 Å². The second-order valence-electron chi connectivity index (χ2n) is 5.18. The van der Waals surface area contributed by atoms with E-state index in [1.807, 2.05) is 12.1 Å². The van der Waals surface area contributed by atoms with Crippen molar-refractivity contribution in [2.24, 2.45) is 0 Å². The number of thioether (sulfide) groups is 2. The molecule has 0 saturated carbocycles. The molecule has 0 amide bonds. The normalized spacial score (nSPS) is 19.0. The number of rotatable bonds is 3. The Morgan fingerprint density at radius 1 is 1.26 bits per heavy atom. The standard InChI is InChI=1S/C14H12Br2N4OS2/c1-2-3-10-17-18-14-19(10)20-11(23-14)6-22-13(20)7-4-8(15)12(21)9(16)5-7/h4-6,13,21H,2-3H2,1H3. The van der Waals surface area contributed by atoms with Gasteiger partial charge in [0.1, 0.15) is 16.2 Å². The molecule has 0 aliphatic carbocycles. The Labute approximate surface area is 158 Å². The fourth-order valence-electron chi connectivity index (χ4n) is 2.62. The zero-order valence-corrected chi connectivity index (χ0v) is 16.8. The van der Waals surface area contributed by atoms with Crippen LogP contribution in [0, 0.1) is 0 Å². The lowest BCUT2D eigenvalue weighted by atomic mass is 10.2. The van der Waals surface area contributed by atoms with Crippen LogP contribution in [0.5, 0.6) is 5.75 Å². The Hall–Kier alpha value is -0.640. The summed E-state index contributed by atoms with van der Waals surface area (Å²) in [6.07, 6.45) is 1.93. The van der Waals surface area contributed by atoms with Crippen molar-refractivity contribution in [2.75, 3.05) is 5.01 Å². The van der Waals surface area contributed by atoms with Crippen molar-refractivity contribution in [2.45, 2.75) is 30.3 Å². The van der Waals surface area contributed by atoms with Gasteiger partial charge in [-0.15, -0.1) is 10.2 Å². The van der Waals surface area contributed by atoms with Crippen molar-refractivity contribution in [3.8, 4) is 5.75 Å². The molecule has 0 saturated heterocycles. The molecule has 1 aromatic heterocycles. The largest absolute Gasteiger partial charge is 0.506 e. The van der Waals surface area contributed by atoms with E-state index in [2.05, 4.69) is 64.1 Å². The molecule has 0 spiro atoms. The van der Waals surface area contributed by atoms with Crippen LogP contribution in [0.2, 0.25) is 0 Å². The van der Waals surface area contributed by atoms with Gasteiger partial charge in [-0.05, 0) is 67.7 Å². The number of nitrogens with zero attached hydrogens (tertiary/aromatic N) is 4. The lowest BCUT2D eigenvalue weighted by molar-refractivity contribution is 0.468. The van der Waals surface area contributed by atoms with Crippen LogP contribution in [0.4, 0.5) is 0 Å². The smallest absolute Gasteiger partial charge is 0.216 e. The van der Waals surface area contributed by atoms with E-state index in [4.69, 9.17) is 0 Å². The van der Waals surface area contributed by atoms with E-state index < -0.39 is 0 Å². The second-order valence-corrected chi connectivity index (χ2v) is 8.84. The summed E-state index contributed by atoms with van der Waals surface area (Å²) < 4.78 is 3.49. The van der Waals surface area contributed by atoms with E-state index in [0.29, 0.717) is 8.95 Å². The van der Waals surface area contributed by atoms with Gasteiger partial charge in [0.25, 0.3) is 0 Å². The molecule has 4 rings (SSSR count). The molecule has 0 bridgehead atoms. The van der Waals surface area contributed by atoms with Gasteiger partial charge in [0.05, 0.1) is 8.95 Å². The van der Waals surface area contributed by atoms with Crippen LogP contribution in [-0.4, -0.2) is 20.0 Å². The van der Waals surface area contributed by atoms with Crippen molar-refractivity contribution in [3.63, 3.8) is 0 Å². The van der Waals surface area contributed by atoms with Crippen molar-refractivity contribution in [1.82, 2.24) is 14.9 Å². The van der Waals surface area contributed by atoms with Crippen LogP contribution in [0.1, 0.15) is 30.1 Å². The zero-order valence-electron chi connectivity index (χ0n) is 12.0. The van der Waals surface area contributed by atoms with Gasteiger partial charge in [0.2, 0.25) is 5.16 Å². The first-order chi connectivity index (χ1) is 11.1. The maximum Gasteiger partial charge on any atom is 0.216 e. The molecule has 3 heterocycles. The zero-order chi connectivity index (χ0) is 16.1. The quantitative estimate of drug-likeness (QED) is 0.691. The molecule has 1 aromatic carbocycles. The molecule has 2 aromatic rings. The van der Waals surface area contributed by atoms with Crippen molar-refractivity contribution in [1.29, 1.82) is 0 Å². The van der Waals surface area contributed by atoms with Crippen LogP contribution < -0.4 is 5.01 Å². The van der Waals surface area contributed by atoms with Gasteiger partial charge in [0.15, 0.2) is 5.82 Å². The SMILES string of the molecule is CCCc1nnc2n1N1C(=CSC1c1cc(Br)c(O)c(Br)c1)S2. The van der Waals surface area contributed by atoms with Gasteiger partial charge in [0, 0.05) is 11.8 Å². The van der Waals surface area contributed by atoms with Crippen molar-refractivity contribution >= 4 is 55.4 Å². The summed E-state index contributed by atoms with van der Waals surface area (Å²) in [6, 6.07) is 3.92. The highest BCUT2D eigenvalue weighted by Gasteiger charge is 2.39. The van der Waals surface area contributed by atoms with E-state index in [1.165, 1.54) is 5.03 Å². The summed E-state index contributed by atoms with van der Waals surface area (Å²) in [5, 5.41) is 25.1. The number of hydrogen-bond acceptors (Lipinski definition) is 6. The number of phenolic OH excluding ortho intramolecular Hbond substituents is 1. The number of aromatic hydroxyl groups is 1. The van der Waals surface area contributed by atoms with E-state index in [1.54, 1.807) is 23.5 Å². The van der Waals surface area contributed by atoms with Crippen LogP contribution in [0.15, 0.2) is 36.7 Å². The average Bonchev–Trinajstić information content (AvgIpc) is 3.16. The maximum absolute atomic E-state index is 9.94. The summed E-state index contributed by atoms with van der Waals surface area (Å²) in [6.45, 7) is 2.14. The van der Waals surface area contributed by atoms with Crippen molar-refractivity contribution in [3.05, 3.63) is 42.9 Å². The Bertz CT molecular complexity index is 800. The monoisotopic (exact) mass is 474 g/mol. The molecule has 1 N–H and O–H groups in total. The maximum atomic E-state index is 9.94. The first-order valence-electron chi connectivity index (χ1n) is 7.05. The van der Waals surface area contributed by atoms with E-state index in [-0.39, 0.29) is 11.1 Å². The molecular formula is C14H12Br2N4OS2. The molecule has 2 aliphatic rings. The summed E-state index contributed by atoms with van der Waals surface area (Å²) in [4.78, 5) is 0. The van der Waals surface area contributed by atoms with Crippen LogP contribution in [-0.2, 0) is 6.42 Å². The Morgan fingerprint density at radius 3 is 2.70 bits per heavy atom. The number of benzene rings is 1. The molecule has 120 valence electrons. The third-order valence-corrected chi connectivity index (χ3v) is 7.03. The highest BCUT2D eigenvalue weighted by Crippen LogP contribution is 2.52. The van der Waals surface area contributed by atoms with Crippen LogP contribution in [0.3, 0.4) is 0 Å². The summed E-state index contributed by atoms with van der Waals surface area (Å²) in [5.74, 6) is 1.21. The molecule has 0 radical (unpaired) electrons. The minimum atomic E-state index is 0.0959. The highest BCUT2D eigenvalue weighted by atomic mass is 79.9. The Balaban J connectivity index is 1.76. The molecular weight excluding hydrogens is 464 g/mol. The highest BCUT2D eigenvalue weighted by molar-refractivity contribution is 9.11. The minimum absolute atomic E-state index is 0.0959. The van der Waals surface area contributed by atoms with Crippen LogP contribution in [0.25, 0.3) is 0 Å². The van der Waals surface area contributed by atoms with Gasteiger partial charge in [-0.1, -0.05) is 18.7 Å². The Morgan fingerprint density at radius 2 is 2.00 bits per heavy atom. The van der Waals surface area contributed by atoms with Crippen molar-refractivity contribution < 1.29 is 5.11 Å². The van der Waals surface area contributed by atoms with Crippen LogP contribution >= 0.6 is 55.4 Å². The van der Waals surface area contributed by atoms with Gasteiger partial charge in [-0.2, -0.15) is 0 Å². The number of fused-ring (bicyclic) bond motifs is 3. The fraction of sp³-hybridized carbons (Fsp3) is 0.286. The van der Waals surface area contributed by atoms with E-state index in [0.717, 1.165) is 29.4 Å².